The number of rotatable bonds is 4. The van der Waals surface area contributed by atoms with E-state index in [1.54, 1.807) is 13.8 Å². The topological polar surface area (TPSA) is 72.2 Å². The third kappa shape index (κ3) is 3.48. The first kappa shape index (κ1) is 11.1. The molecule has 1 amide bonds. The fraction of sp³-hybridized carbons (Fsp3) is 0.750. The predicted octanol–water partition coefficient (Wildman–Crippen LogP) is -0.325. The van der Waals surface area contributed by atoms with Gasteiger partial charge in [-0.2, -0.15) is 0 Å². The van der Waals surface area contributed by atoms with Crippen LogP contribution in [0.1, 0.15) is 20.3 Å². The van der Waals surface area contributed by atoms with Crippen LogP contribution in [0, 0.1) is 5.92 Å². The number of hydrogen-bond donors (Lipinski definition) is 2. The van der Waals surface area contributed by atoms with Gasteiger partial charge in [-0.15, -0.1) is 0 Å². The molecule has 0 bridgehead atoms. The Labute approximate surface area is 72.5 Å². The maximum Gasteiger partial charge on any atom is 0.220 e. The van der Waals surface area contributed by atoms with Crippen molar-refractivity contribution >= 4 is 12.2 Å². The summed E-state index contributed by atoms with van der Waals surface area (Å²) in [5, 5.41) is 2.45. The molecular formula is C8H16N2O2. The van der Waals surface area contributed by atoms with Gasteiger partial charge in [0, 0.05) is 24.9 Å². The summed E-state index contributed by atoms with van der Waals surface area (Å²) in [4.78, 5) is 21.4. The highest BCUT2D eigenvalue weighted by molar-refractivity contribution is 5.79. The highest BCUT2D eigenvalue weighted by Gasteiger charge is 2.26. The molecule has 3 N–H and O–H groups in total. The van der Waals surface area contributed by atoms with Gasteiger partial charge in [0.05, 0.1) is 0 Å². The lowest BCUT2D eigenvalue weighted by molar-refractivity contribution is -0.125. The van der Waals surface area contributed by atoms with Crippen molar-refractivity contribution in [2.45, 2.75) is 25.8 Å². The van der Waals surface area contributed by atoms with Crippen LogP contribution in [0.3, 0.4) is 0 Å². The SMILES string of the molecule is CNC(=O)CC(C=O)C(C)(C)N. The Morgan fingerprint density at radius 1 is 1.67 bits per heavy atom. The summed E-state index contributed by atoms with van der Waals surface area (Å²) >= 11 is 0. The molecule has 4 nitrogen and oxygen atoms in total. The summed E-state index contributed by atoms with van der Waals surface area (Å²) in [7, 11) is 1.54. The van der Waals surface area contributed by atoms with Gasteiger partial charge in [-0.25, -0.2) is 0 Å². The first-order valence-electron chi connectivity index (χ1n) is 3.86. The van der Waals surface area contributed by atoms with Gasteiger partial charge in [0.25, 0.3) is 0 Å². The summed E-state index contributed by atoms with van der Waals surface area (Å²) in [6.07, 6.45) is 0.888. The molecule has 70 valence electrons. The van der Waals surface area contributed by atoms with Crippen LogP contribution in [0.15, 0.2) is 0 Å². The van der Waals surface area contributed by atoms with Crippen LogP contribution in [-0.4, -0.2) is 24.8 Å². The van der Waals surface area contributed by atoms with Gasteiger partial charge in [-0.3, -0.25) is 4.79 Å². The Balaban J connectivity index is 4.19. The Kier molecular flexibility index (Phi) is 3.89. The molecule has 0 radical (unpaired) electrons. The lowest BCUT2D eigenvalue weighted by atomic mass is 9.87. The van der Waals surface area contributed by atoms with Gasteiger partial charge >= 0.3 is 0 Å². The Morgan fingerprint density at radius 3 is 2.42 bits per heavy atom. The number of amides is 1. The normalized spacial score (nSPS) is 13.7. The zero-order chi connectivity index (χ0) is 9.78. The van der Waals surface area contributed by atoms with E-state index in [0.29, 0.717) is 0 Å². The molecule has 0 aromatic heterocycles. The number of nitrogens with one attached hydrogen (secondary N) is 1. The zero-order valence-electron chi connectivity index (χ0n) is 7.76. The summed E-state index contributed by atoms with van der Waals surface area (Å²) in [6, 6.07) is 0. The molecule has 4 heteroatoms. The van der Waals surface area contributed by atoms with Crippen LogP contribution in [0.5, 0.6) is 0 Å². The summed E-state index contributed by atoms with van der Waals surface area (Å²) in [5.74, 6) is -0.580. The van der Waals surface area contributed by atoms with E-state index in [0.717, 1.165) is 6.29 Å². The quantitative estimate of drug-likeness (QED) is 0.570. The Bertz CT molecular complexity index is 172. The van der Waals surface area contributed by atoms with Crippen LogP contribution in [-0.2, 0) is 9.59 Å². The molecule has 0 saturated carbocycles. The Hall–Kier alpha value is -0.900. The predicted molar refractivity (Wildman–Crippen MR) is 46.5 cm³/mol. The zero-order valence-corrected chi connectivity index (χ0v) is 7.76. The van der Waals surface area contributed by atoms with E-state index in [1.165, 1.54) is 7.05 Å². The minimum atomic E-state index is -0.631. The van der Waals surface area contributed by atoms with Crippen LogP contribution < -0.4 is 11.1 Å². The van der Waals surface area contributed by atoms with Crippen LogP contribution in [0.4, 0.5) is 0 Å². The van der Waals surface area contributed by atoms with Crippen molar-refractivity contribution in [1.82, 2.24) is 5.32 Å². The highest BCUT2D eigenvalue weighted by atomic mass is 16.1. The second-order valence-corrected chi connectivity index (χ2v) is 3.44. The van der Waals surface area contributed by atoms with E-state index in [9.17, 15) is 9.59 Å². The molecular weight excluding hydrogens is 156 g/mol. The van der Waals surface area contributed by atoms with Crippen molar-refractivity contribution in [2.24, 2.45) is 11.7 Å². The molecule has 0 aromatic rings. The summed E-state index contributed by atoms with van der Waals surface area (Å²) in [6.45, 7) is 3.46. The lowest BCUT2D eigenvalue weighted by Crippen LogP contribution is -2.43. The van der Waals surface area contributed by atoms with Crippen LogP contribution in [0.25, 0.3) is 0 Å². The molecule has 0 spiro atoms. The molecule has 0 aliphatic heterocycles. The van der Waals surface area contributed by atoms with E-state index in [-0.39, 0.29) is 12.3 Å². The average Bonchev–Trinajstić information content (AvgIpc) is 1.97. The van der Waals surface area contributed by atoms with Gasteiger partial charge in [-0.1, -0.05) is 0 Å². The van der Waals surface area contributed by atoms with Gasteiger partial charge < -0.3 is 15.8 Å². The molecule has 0 aliphatic rings. The summed E-state index contributed by atoms with van der Waals surface area (Å²) in [5.41, 5.74) is 5.05. The van der Waals surface area contributed by atoms with Crippen molar-refractivity contribution < 1.29 is 9.59 Å². The van der Waals surface area contributed by atoms with E-state index in [1.807, 2.05) is 0 Å². The van der Waals surface area contributed by atoms with Crippen molar-refractivity contribution in [3.8, 4) is 0 Å². The molecule has 12 heavy (non-hydrogen) atoms. The molecule has 0 aromatic carbocycles. The number of nitrogens with two attached hydrogens (primary N) is 1. The molecule has 0 aliphatic carbocycles. The molecule has 1 unspecified atom stereocenters. The number of carbonyl (C=O) groups is 2. The fourth-order valence-electron chi connectivity index (χ4n) is 0.788. The van der Waals surface area contributed by atoms with Crippen molar-refractivity contribution in [1.29, 1.82) is 0 Å². The monoisotopic (exact) mass is 172 g/mol. The standard InChI is InChI=1S/C8H16N2O2/c1-8(2,9)6(5-11)4-7(12)10-3/h5-6H,4,9H2,1-3H3,(H,10,12). The van der Waals surface area contributed by atoms with Crippen molar-refractivity contribution in [3.05, 3.63) is 0 Å². The van der Waals surface area contributed by atoms with Crippen molar-refractivity contribution in [2.75, 3.05) is 7.05 Å². The average molecular weight is 172 g/mol. The Morgan fingerprint density at radius 2 is 2.17 bits per heavy atom. The van der Waals surface area contributed by atoms with Crippen LogP contribution in [0.2, 0.25) is 0 Å². The number of carbonyl (C=O) groups excluding carboxylic acids is 2. The second-order valence-electron chi connectivity index (χ2n) is 3.44. The fourth-order valence-corrected chi connectivity index (χ4v) is 0.788. The molecule has 1 atom stereocenters. The third-order valence-corrected chi connectivity index (χ3v) is 1.80. The van der Waals surface area contributed by atoms with Gasteiger partial charge in [0.15, 0.2) is 0 Å². The van der Waals surface area contributed by atoms with Crippen molar-refractivity contribution in [3.63, 3.8) is 0 Å². The molecule has 0 heterocycles. The molecule has 0 rings (SSSR count). The second kappa shape index (κ2) is 4.21. The maximum absolute atomic E-state index is 10.9. The first-order valence-corrected chi connectivity index (χ1v) is 3.86. The smallest absolute Gasteiger partial charge is 0.220 e. The molecule has 0 fully saturated rings. The maximum atomic E-state index is 10.9. The largest absolute Gasteiger partial charge is 0.359 e. The van der Waals surface area contributed by atoms with Gasteiger partial charge in [0.1, 0.15) is 6.29 Å². The lowest BCUT2D eigenvalue weighted by Gasteiger charge is -2.24. The third-order valence-electron chi connectivity index (χ3n) is 1.80. The van der Waals surface area contributed by atoms with E-state index in [4.69, 9.17) is 5.73 Å². The van der Waals surface area contributed by atoms with E-state index >= 15 is 0 Å². The van der Waals surface area contributed by atoms with Gasteiger partial charge in [-0.05, 0) is 13.8 Å². The number of hydrogen-bond acceptors (Lipinski definition) is 3. The van der Waals surface area contributed by atoms with Gasteiger partial charge in [0.2, 0.25) is 5.91 Å². The highest BCUT2D eigenvalue weighted by Crippen LogP contribution is 2.14. The first-order chi connectivity index (χ1) is 5.41. The number of aldehydes is 1. The van der Waals surface area contributed by atoms with Crippen LogP contribution >= 0.6 is 0 Å². The van der Waals surface area contributed by atoms with E-state index < -0.39 is 11.5 Å². The van der Waals surface area contributed by atoms with E-state index in [2.05, 4.69) is 5.32 Å². The molecule has 0 saturated heterocycles. The summed E-state index contributed by atoms with van der Waals surface area (Å²) < 4.78 is 0. The minimum Gasteiger partial charge on any atom is -0.359 e. The minimum absolute atomic E-state index is 0.156.